The quantitative estimate of drug-likeness (QED) is 0.414. The smallest absolute Gasteiger partial charge is 0.407 e. The molecule has 8 heteroatoms. The van der Waals surface area contributed by atoms with E-state index in [-0.39, 0.29) is 37.0 Å². The third-order valence-corrected chi connectivity index (χ3v) is 5.66. The minimum atomic E-state index is -1.20. The Labute approximate surface area is 196 Å². The van der Waals surface area contributed by atoms with Crippen molar-refractivity contribution >= 4 is 18.0 Å². The minimum absolute atomic E-state index is 0.0217. The van der Waals surface area contributed by atoms with E-state index in [0.717, 1.165) is 22.3 Å². The number of carboxylic acids is 1. The predicted octanol–water partition coefficient (Wildman–Crippen LogP) is 4.08. The lowest BCUT2D eigenvalue weighted by Gasteiger charge is -2.18. The number of hydrogen-bond acceptors (Lipinski definition) is 5. The zero-order chi connectivity index (χ0) is 24.1. The molecule has 1 aliphatic carbocycles. The van der Waals surface area contributed by atoms with Crippen molar-refractivity contribution in [3.63, 3.8) is 0 Å². The van der Waals surface area contributed by atoms with E-state index < -0.39 is 24.0 Å². The van der Waals surface area contributed by atoms with E-state index in [4.69, 9.17) is 14.3 Å². The van der Waals surface area contributed by atoms with E-state index >= 15 is 0 Å². The Morgan fingerprint density at radius 2 is 1.68 bits per heavy atom. The molecular weight excluding hydrogens is 436 g/mol. The first-order chi connectivity index (χ1) is 16.5. The molecule has 34 heavy (non-hydrogen) atoms. The summed E-state index contributed by atoms with van der Waals surface area (Å²) in [6.07, 6.45) is 0.993. The molecule has 1 aromatic heterocycles. The monoisotopic (exact) mass is 460 g/mol. The van der Waals surface area contributed by atoms with Crippen molar-refractivity contribution in [2.24, 2.45) is 0 Å². The molecular formula is C26H24N2O6. The number of furan rings is 1. The molecule has 3 N–H and O–H groups in total. The summed E-state index contributed by atoms with van der Waals surface area (Å²) in [5, 5.41) is 14.1. The van der Waals surface area contributed by atoms with E-state index in [1.165, 1.54) is 18.2 Å². The molecule has 1 aliphatic rings. The fourth-order valence-corrected chi connectivity index (χ4v) is 4.07. The highest BCUT2D eigenvalue weighted by atomic mass is 16.5. The number of rotatable bonds is 9. The van der Waals surface area contributed by atoms with Crippen molar-refractivity contribution < 1.29 is 28.6 Å². The summed E-state index contributed by atoms with van der Waals surface area (Å²) in [7, 11) is 0. The fourth-order valence-electron chi connectivity index (χ4n) is 4.07. The van der Waals surface area contributed by atoms with Crippen LogP contribution in [0.2, 0.25) is 0 Å². The average Bonchev–Trinajstić information content (AvgIpc) is 3.44. The van der Waals surface area contributed by atoms with Gasteiger partial charge in [-0.3, -0.25) is 4.79 Å². The average molecular weight is 460 g/mol. The van der Waals surface area contributed by atoms with Gasteiger partial charge in [0.05, 0.1) is 6.54 Å². The summed E-state index contributed by atoms with van der Waals surface area (Å²) in [6, 6.07) is 17.9. The van der Waals surface area contributed by atoms with Crippen molar-refractivity contribution in [2.45, 2.75) is 24.9 Å². The van der Waals surface area contributed by atoms with Gasteiger partial charge in [0.1, 0.15) is 18.4 Å². The molecule has 0 saturated heterocycles. The van der Waals surface area contributed by atoms with E-state index in [1.807, 2.05) is 36.4 Å². The normalized spacial score (nSPS) is 12.8. The van der Waals surface area contributed by atoms with Crippen LogP contribution in [0.1, 0.15) is 39.8 Å². The van der Waals surface area contributed by atoms with Crippen LogP contribution in [0.25, 0.3) is 11.1 Å². The molecule has 4 rings (SSSR count). The molecule has 0 radical (unpaired) electrons. The first-order valence-corrected chi connectivity index (χ1v) is 10.8. The van der Waals surface area contributed by atoms with Crippen molar-refractivity contribution in [3.8, 4) is 11.1 Å². The molecule has 0 aliphatic heterocycles. The Morgan fingerprint density at radius 1 is 1.03 bits per heavy atom. The van der Waals surface area contributed by atoms with E-state index in [1.54, 1.807) is 0 Å². The maximum absolute atomic E-state index is 12.6. The number of fused-ring (bicyclic) bond motifs is 3. The third kappa shape index (κ3) is 4.85. The van der Waals surface area contributed by atoms with Gasteiger partial charge in [0, 0.05) is 5.92 Å². The highest BCUT2D eigenvalue weighted by Gasteiger charge is 2.29. The summed E-state index contributed by atoms with van der Waals surface area (Å²) >= 11 is 0. The first-order valence-electron chi connectivity index (χ1n) is 10.8. The van der Waals surface area contributed by atoms with Crippen LogP contribution in [-0.4, -0.2) is 35.7 Å². The van der Waals surface area contributed by atoms with Gasteiger partial charge in [0.2, 0.25) is 11.7 Å². The van der Waals surface area contributed by atoms with Gasteiger partial charge in [-0.05, 0) is 40.8 Å². The summed E-state index contributed by atoms with van der Waals surface area (Å²) < 4.78 is 10.6. The lowest BCUT2D eigenvalue weighted by atomic mass is 9.98. The second-order valence-corrected chi connectivity index (χ2v) is 7.84. The van der Waals surface area contributed by atoms with Crippen LogP contribution in [0.4, 0.5) is 4.79 Å². The number of carboxylic acid groups (broad SMARTS) is 1. The van der Waals surface area contributed by atoms with Gasteiger partial charge in [0.25, 0.3) is 0 Å². The first kappa shape index (κ1) is 22.8. The SMILES string of the molecule is C=CCC(NC(=O)OCC1c2ccccc2-c2ccccc21)C(=O)NCc1ccc(C(=O)O)o1. The molecule has 1 unspecified atom stereocenters. The van der Waals surface area contributed by atoms with Crippen molar-refractivity contribution in [2.75, 3.05) is 6.61 Å². The van der Waals surface area contributed by atoms with Gasteiger partial charge in [0.15, 0.2) is 0 Å². The summed E-state index contributed by atoms with van der Waals surface area (Å²) in [5.41, 5.74) is 4.44. The van der Waals surface area contributed by atoms with Crippen LogP contribution in [-0.2, 0) is 16.1 Å². The van der Waals surface area contributed by atoms with Gasteiger partial charge in [-0.25, -0.2) is 9.59 Å². The minimum Gasteiger partial charge on any atom is -0.475 e. The Hall–Kier alpha value is -4.33. The van der Waals surface area contributed by atoms with Gasteiger partial charge < -0.3 is 24.9 Å². The molecule has 1 atom stereocenters. The molecule has 0 spiro atoms. The number of nitrogens with one attached hydrogen (secondary N) is 2. The summed E-state index contributed by atoms with van der Waals surface area (Å²) in [5.74, 6) is -1.69. The predicted molar refractivity (Wildman–Crippen MR) is 124 cm³/mol. The van der Waals surface area contributed by atoms with E-state index in [9.17, 15) is 14.4 Å². The Balaban J connectivity index is 1.35. The molecule has 2 aromatic carbocycles. The number of ether oxygens (including phenoxy) is 1. The van der Waals surface area contributed by atoms with Crippen LogP contribution in [0.5, 0.6) is 0 Å². The number of benzene rings is 2. The van der Waals surface area contributed by atoms with E-state index in [0.29, 0.717) is 0 Å². The van der Waals surface area contributed by atoms with Crippen LogP contribution < -0.4 is 10.6 Å². The maximum Gasteiger partial charge on any atom is 0.407 e. The third-order valence-electron chi connectivity index (χ3n) is 5.66. The molecule has 3 aromatic rings. The zero-order valence-electron chi connectivity index (χ0n) is 18.3. The van der Waals surface area contributed by atoms with Crippen LogP contribution in [0.3, 0.4) is 0 Å². The van der Waals surface area contributed by atoms with Crippen LogP contribution in [0.15, 0.2) is 77.7 Å². The number of alkyl carbamates (subject to hydrolysis) is 1. The van der Waals surface area contributed by atoms with Gasteiger partial charge in [-0.2, -0.15) is 0 Å². The number of carbonyl (C=O) groups excluding carboxylic acids is 2. The molecule has 0 fully saturated rings. The zero-order valence-corrected chi connectivity index (χ0v) is 18.3. The Kier molecular flexibility index (Phi) is 6.77. The Morgan fingerprint density at radius 3 is 2.26 bits per heavy atom. The highest BCUT2D eigenvalue weighted by Crippen LogP contribution is 2.44. The highest BCUT2D eigenvalue weighted by molar-refractivity contribution is 5.86. The number of carbonyl (C=O) groups is 3. The number of aromatic carboxylic acids is 1. The summed E-state index contributed by atoms with van der Waals surface area (Å²) in [6.45, 7) is 3.74. The van der Waals surface area contributed by atoms with Crippen molar-refractivity contribution in [1.29, 1.82) is 0 Å². The molecule has 0 bridgehead atoms. The molecule has 174 valence electrons. The maximum atomic E-state index is 12.6. The molecule has 0 saturated carbocycles. The van der Waals surface area contributed by atoms with Crippen molar-refractivity contribution in [3.05, 3.63) is 96.0 Å². The van der Waals surface area contributed by atoms with E-state index in [2.05, 4.69) is 29.3 Å². The number of amides is 2. The molecule has 2 amide bonds. The van der Waals surface area contributed by atoms with Gasteiger partial charge >= 0.3 is 12.1 Å². The topological polar surface area (TPSA) is 118 Å². The van der Waals surface area contributed by atoms with Gasteiger partial charge in [-0.15, -0.1) is 6.58 Å². The second kappa shape index (κ2) is 10.1. The standard InChI is InChI=1S/C26H24N2O6/c1-2-7-22(24(29)27-14-16-12-13-23(34-16)25(30)31)28-26(32)33-15-21-19-10-5-3-8-17(19)18-9-4-6-11-20(18)21/h2-6,8-13,21-22H,1,7,14-15H2,(H,27,29)(H,28,32)(H,30,31). The van der Waals surface area contributed by atoms with Crippen LogP contribution in [0, 0.1) is 0 Å². The van der Waals surface area contributed by atoms with Crippen LogP contribution >= 0.6 is 0 Å². The number of hydrogen-bond donors (Lipinski definition) is 3. The largest absolute Gasteiger partial charge is 0.475 e. The lowest BCUT2D eigenvalue weighted by Crippen LogP contribution is -2.46. The summed E-state index contributed by atoms with van der Waals surface area (Å²) in [4.78, 5) is 36.0. The molecule has 8 nitrogen and oxygen atoms in total. The Bertz CT molecular complexity index is 1190. The second-order valence-electron chi connectivity index (χ2n) is 7.84. The lowest BCUT2D eigenvalue weighted by molar-refractivity contribution is -0.123. The fraction of sp³-hybridized carbons (Fsp3) is 0.192. The molecule has 1 heterocycles. The van der Waals surface area contributed by atoms with Gasteiger partial charge in [-0.1, -0.05) is 54.6 Å². The van der Waals surface area contributed by atoms with Crippen molar-refractivity contribution in [1.82, 2.24) is 10.6 Å².